The molecule has 0 aromatic carbocycles. The lowest BCUT2D eigenvalue weighted by molar-refractivity contribution is 0.0242. The van der Waals surface area contributed by atoms with Gasteiger partial charge in [-0.2, -0.15) is 0 Å². The molecule has 2 heterocycles. The maximum Gasteiger partial charge on any atom is 0.270 e. The number of aryl methyl sites for hydroxylation is 1. The first-order valence-electron chi connectivity index (χ1n) is 6.46. The number of carbonyl (C=O) groups excluding carboxylic acids is 1. The maximum atomic E-state index is 12.4. The summed E-state index contributed by atoms with van der Waals surface area (Å²) < 4.78 is 1.85. The zero-order chi connectivity index (χ0) is 13.3. The van der Waals surface area contributed by atoms with Crippen molar-refractivity contribution < 1.29 is 9.90 Å². The smallest absolute Gasteiger partial charge is 0.270 e. The minimum atomic E-state index is -0.426. The van der Waals surface area contributed by atoms with Gasteiger partial charge >= 0.3 is 0 Å². The highest BCUT2D eigenvalue weighted by Crippen LogP contribution is 2.20. The van der Waals surface area contributed by atoms with E-state index in [-0.39, 0.29) is 11.8 Å². The third kappa shape index (κ3) is 2.36. The molecular weight excluding hydrogens is 230 g/mol. The van der Waals surface area contributed by atoms with Crippen LogP contribution < -0.4 is 5.73 Å². The van der Waals surface area contributed by atoms with Crippen LogP contribution in [0.2, 0.25) is 0 Å². The Labute approximate surface area is 107 Å². The molecule has 0 bridgehead atoms. The first-order valence-corrected chi connectivity index (χ1v) is 6.46. The van der Waals surface area contributed by atoms with Gasteiger partial charge in [0, 0.05) is 25.8 Å². The first-order chi connectivity index (χ1) is 8.52. The third-order valence-electron chi connectivity index (χ3n) is 3.68. The molecule has 5 nitrogen and oxygen atoms in total. The van der Waals surface area contributed by atoms with E-state index in [1.165, 1.54) is 0 Å². The second-order valence-corrected chi connectivity index (χ2v) is 5.03. The minimum absolute atomic E-state index is 0.0421. The number of aliphatic hydroxyl groups excluding tert-OH is 1. The van der Waals surface area contributed by atoms with E-state index in [4.69, 9.17) is 5.73 Å². The largest absolute Gasteiger partial charge is 0.397 e. The molecule has 2 unspecified atom stereocenters. The van der Waals surface area contributed by atoms with Crippen molar-refractivity contribution in [2.45, 2.75) is 32.9 Å². The van der Waals surface area contributed by atoms with Crippen LogP contribution in [-0.4, -0.2) is 39.7 Å². The number of nitrogen functional groups attached to an aromatic ring is 1. The molecular formula is C13H21N3O2. The van der Waals surface area contributed by atoms with Crippen molar-refractivity contribution in [3.8, 4) is 0 Å². The highest BCUT2D eigenvalue weighted by Gasteiger charge is 2.29. The Morgan fingerprint density at radius 1 is 1.61 bits per heavy atom. The monoisotopic (exact) mass is 251 g/mol. The summed E-state index contributed by atoms with van der Waals surface area (Å²) in [6.07, 6.45) is 2.19. The van der Waals surface area contributed by atoms with Gasteiger partial charge in [0.25, 0.3) is 5.91 Å². The van der Waals surface area contributed by atoms with E-state index in [1.54, 1.807) is 17.2 Å². The molecule has 1 saturated heterocycles. The zero-order valence-electron chi connectivity index (χ0n) is 11.0. The van der Waals surface area contributed by atoms with Gasteiger partial charge < -0.3 is 20.3 Å². The summed E-state index contributed by atoms with van der Waals surface area (Å²) in [6.45, 7) is 5.81. The lowest BCUT2D eigenvalue weighted by Gasteiger charge is -2.34. The Morgan fingerprint density at radius 3 is 2.94 bits per heavy atom. The van der Waals surface area contributed by atoms with E-state index in [0.717, 1.165) is 6.42 Å². The lowest BCUT2D eigenvalue weighted by atomic mass is 9.96. The quantitative estimate of drug-likeness (QED) is 0.821. The van der Waals surface area contributed by atoms with Crippen LogP contribution in [0, 0.1) is 5.92 Å². The molecule has 1 aliphatic heterocycles. The number of piperidine rings is 1. The summed E-state index contributed by atoms with van der Waals surface area (Å²) in [5, 5.41) is 9.85. The average Bonchev–Trinajstić information content (AvgIpc) is 2.73. The van der Waals surface area contributed by atoms with Crippen molar-refractivity contribution in [3.63, 3.8) is 0 Å². The van der Waals surface area contributed by atoms with Crippen LogP contribution in [0.15, 0.2) is 12.3 Å². The number of anilines is 1. The Morgan fingerprint density at radius 2 is 2.33 bits per heavy atom. The van der Waals surface area contributed by atoms with E-state index in [2.05, 4.69) is 0 Å². The second-order valence-electron chi connectivity index (χ2n) is 5.03. The molecule has 1 fully saturated rings. The molecule has 2 rings (SSSR count). The topological polar surface area (TPSA) is 71.5 Å². The molecule has 1 aromatic heterocycles. The predicted octanol–water partition coefficient (Wildman–Crippen LogP) is 0.933. The molecule has 3 N–H and O–H groups in total. The average molecular weight is 251 g/mol. The fourth-order valence-corrected chi connectivity index (χ4v) is 2.37. The number of rotatable bonds is 2. The van der Waals surface area contributed by atoms with Crippen LogP contribution in [-0.2, 0) is 6.54 Å². The molecule has 0 radical (unpaired) electrons. The first kappa shape index (κ1) is 13.0. The summed E-state index contributed by atoms with van der Waals surface area (Å²) >= 11 is 0. The lowest BCUT2D eigenvalue weighted by Crippen LogP contribution is -2.46. The number of aliphatic hydroxyl groups is 1. The molecule has 0 spiro atoms. The van der Waals surface area contributed by atoms with Crippen LogP contribution in [0.3, 0.4) is 0 Å². The highest BCUT2D eigenvalue weighted by atomic mass is 16.3. The molecule has 0 saturated carbocycles. The van der Waals surface area contributed by atoms with Gasteiger partial charge in [-0.1, -0.05) is 6.92 Å². The van der Waals surface area contributed by atoms with Crippen LogP contribution >= 0.6 is 0 Å². The number of carbonyl (C=O) groups is 1. The molecule has 100 valence electrons. The normalized spacial score (nSPS) is 24.3. The second kappa shape index (κ2) is 5.02. The van der Waals surface area contributed by atoms with Crippen molar-refractivity contribution >= 4 is 11.6 Å². The van der Waals surface area contributed by atoms with E-state index in [0.29, 0.717) is 31.0 Å². The summed E-state index contributed by atoms with van der Waals surface area (Å²) in [7, 11) is 0. The van der Waals surface area contributed by atoms with Crippen LogP contribution in [0.4, 0.5) is 5.69 Å². The van der Waals surface area contributed by atoms with Gasteiger partial charge in [-0.25, -0.2) is 0 Å². The Kier molecular flexibility index (Phi) is 3.61. The third-order valence-corrected chi connectivity index (χ3v) is 3.68. The van der Waals surface area contributed by atoms with E-state index >= 15 is 0 Å². The number of nitrogens with zero attached hydrogens (tertiary/aromatic N) is 2. The number of likely N-dealkylation sites (tertiary alicyclic amines) is 1. The van der Waals surface area contributed by atoms with E-state index in [9.17, 15) is 9.90 Å². The van der Waals surface area contributed by atoms with Crippen molar-refractivity contribution in [2.75, 3.05) is 18.8 Å². The van der Waals surface area contributed by atoms with Crippen LogP contribution in [0.25, 0.3) is 0 Å². The van der Waals surface area contributed by atoms with Crippen LogP contribution in [0.5, 0.6) is 0 Å². The van der Waals surface area contributed by atoms with Crippen molar-refractivity contribution in [3.05, 3.63) is 18.0 Å². The minimum Gasteiger partial charge on any atom is -0.397 e. The molecule has 18 heavy (non-hydrogen) atoms. The zero-order valence-corrected chi connectivity index (χ0v) is 11.0. The Hall–Kier alpha value is -1.49. The fraction of sp³-hybridized carbons (Fsp3) is 0.615. The van der Waals surface area contributed by atoms with Gasteiger partial charge in [-0.3, -0.25) is 4.79 Å². The SMILES string of the molecule is CCn1cc(N)cc1C(=O)N1CCC(C)C(O)C1. The van der Waals surface area contributed by atoms with Crippen molar-refractivity contribution in [1.29, 1.82) is 0 Å². The highest BCUT2D eigenvalue weighted by molar-refractivity contribution is 5.94. The number of nitrogens with two attached hydrogens (primary N) is 1. The van der Waals surface area contributed by atoms with Gasteiger partial charge in [0.2, 0.25) is 0 Å². The number of hydrogen-bond acceptors (Lipinski definition) is 3. The van der Waals surface area contributed by atoms with Gasteiger partial charge in [-0.15, -0.1) is 0 Å². The predicted molar refractivity (Wildman–Crippen MR) is 70.2 cm³/mol. The molecule has 5 heteroatoms. The van der Waals surface area contributed by atoms with Gasteiger partial charge in [0.05, 0.1) is 11.8 Å². The summed E-state index contributed by atoms with van der Waals surface area (Å²) in [5.41, 5.74) is 6.94. The number of aromatic nitrogens is 1. The molecule has 1 amide bonds. The fourth-order valence-electron chi connectivity index (χ4n) is 2.37. The molecule has 2 atom stereocenters. The number of β-amino-alcohol motifs (C(OH)–C–C–N with tert-alkyl or cyclic N) is 1. The van der Waals surface area contributed by atoms with Crippen LogP contribution in [0.1, 0.15) is 30.8 Å². The van der Waals surface area contributed by atoms with Gasteiger partial charge in [0.1, 0.15) is 5.69 Å². The van der Waals surface area contributed by atoms with E-state index < -0.39 is 6.10 Å². The molecule has 1 aromatic rings. The summed E-state index contributed by atoms with van der Waals surface area (Å²) in [5.74, 6) is 0.219. The molecule has 1 aliphatic rings. The van der Waals surface area contributed by atoms with Crippen molar-refractivity contribution in [1.82, 2.24) is 9.47 Å². The number of amides is 1. The summed E-state index contributed by atoms with van der Waals surface area (Å²) in [6, 6.07) is 1.70. The maximum absolute atomic E-state index is 12.4. The summed E-state index contributed by atoms with van der Waals surface area (Å²) in [4.78, 5) is 14.1. The molecule has 0 aliphatic carbocycles. The van der Waals surface area contributed by atoms with Gasteiger partial charge in [-0.05, 0) is 25.3 Å². The van der Waals surface area contributed by atoms with Gasteiger partial charge in [0.15, 0.2) is 0 Å². The standard InChI is InChI=1S/C13H21N3O2/c1-3-15-7-10(14)6-11(15)13(18)16-5-4-9(2)12(17)8-16/h6-7,9,12,17H,3-5,8,14H2,1-2H3. The number of hydrogen-bond donors (Lipinski definition) is 2. The Balaban J connectivity index is 2.16. The van der Waals surface area contributed by atoms with Crippen molar-refractivity contribution in [2.24, 2.45) is 5.92 Å². The van der Waals surface area contributed by atoms with E-state index in [1.807, 2.05) is 18.4 Å². The Bertz CT molecular complexity index is 441.